The summed E-state index contributed by atoms with van der Waals surface area (Å²) in [5, 5.41) is 6.64. The van der Waals surface area contributed by atoms with Crippen molar-refractivity contribution in [3.8, 4) is 0 Å². The van der Waals surface area contributed by atoms with Gasteiger partial charge in [-0.25, -0.2) is 13.1 Å². The standard InChI is InChI=1S/C15H32N4O3S/c1-16-14(17-10-6-11-19-23(3,20)21)18-13-15(9-12-22-2)7-4-5-8-15/h19H,4-13H2,1-3H3,(H2,16,17,18). The number of hydrogen-bond donors (Lipinski definition) is 3. The Morgan fingerprint density at radius 2 is 1.91 bits per heavy atom. The van der Waals surface area contributed by atoms with E-state index in [4.69, 9.17) is 4.74 Å². The minimum absolute atomic E-state index is 0.311. The average molecular weight is 349 g/mol. The predicted octanol–water partition coefficient (Wildman–Crippen LogP) is 0.688. The number of sulfonamides is 1. The van der Waals surface area contributed by atoms with Crippen molar-refractivity contribution < 1.29 is 13.2 Å². The molecule has 8 heteroatoms. The molecule has 0 aromatic rings. The van der Waals surface area contributed by atoms with Crippen molar-refractivity contribution in [2.24, 2.45) is 10.4 Å². The van der Waals surface area contributed by atoms with E-state index in [-0.39, 0.29) is 0 Å². The first-order chi connectivity index (χ1) is 10.9. The van der Waals surface area contributed by atoms with Gasteiger partial charge in [0.05, 0.1) is 6.26 Å². The molecule has 7 nitrogen and oxygen atoms in total. The number of aliphatic imine (C=N–C) groups is 1. The van der Waals surface area contributed by atoms with Crippen LogP contribution in [0.3, 0.4) is 0 Å². The van der Waals surface area contributed by atoms with E-state index in [0.717, 1.165) is 25.5 Å². The maximum absolute atomic E-state index is 11.0. The van der Waals surface area contributed by atoms with E-state index in [0.29, 0.717) is 24.9 Å². The summed E-state index contributed by atoms with van der Waals surface area (Å²) >= 11 is 0. The first-order valence-corrected chi connectivity index (χ1v) is 10.2. The molecule has 0 unspecified atom stereocenters. The van der Waals surface area contributed by atoms with Crippen molar-refractivity contribution in [1.82, 2.24) is 15.4 Å². The Hall–Kier alpha value is -0.860. The molecule has 3 N–H and O–H groups in total. The van der Waals surface area contributed by atoms with Gasteiger partial charge in [-0.15, -0.1) is 0 Å². The minimum Gasteiger partial charge on any atom is -0.385 e. The normalized spacial score (nSPS) is 18.1. The monoisotopic (exact) mass is 348 g/mol. The molecule has 1 aliphatic rings. The van der Waals surface area contributed by atoms with Gasteiger partial charge in [-0.3, -0.25) is 4.99 Å². The zero-order chi connectivity index (χ0) is 17.2. The van der Waals surface area contributed by atoms with Gasteiger partial charge in [-0.2, -0.15) is 0 Å². The van der Waals surface area contributed by atoms with Gasteiger partial charge in [0.1, 0.15) is 0 Å². The number of guanidine groups is 1. The second-order valence-corrected chi connectivity index (χ2v) is 8.16. The summed E-state index contributed by atoms with van der Waals surface area (Å²) in [6, 6.07) is 0. The molecule has 0 aromatic heterocycles. The largest absolute Gasteiger partial charge is 0.385 e. The molecule has 1 rings (SSSR count). The number of nitrogens with zero attached hydrogens (tertiary/aromatic N) is 1. The Morgan fingerprint density at radius 1 is 1.22 bits per heavy atom. The molecule has 0 saturated heterocycles. The molecule has 136 valence electrons. The Bertz CT molecular complexity index is 459. The lowest BCUT2D eigenvalue weighted by Gasteiger charge is -2.30. The van der Waals surface area contributed by atoms with E-state index >= 15 is 0 Å². The highest BCUT2D eigenvalue weighted by atomic mass is 32.2. The van der Waals surface area contributed by atoms with Crippen LogP contribution in [0.25, 0.3) is 0 Å². The molecule has 1 fully saturated rings. The summed E-state index contributed by atoms with van der Waals surface area (Å²) < 4.78 is 29.7. The van der Waals surface area contributed by atoms with Gasteiger partial charge in [-0.05, 0) is 31.1 Å². The van der Waals surface area contributed by atoms with Crippen molar-refractivity contribution >= 4 is 16.0 Å². The Morgan fingerprint density at radius 3 is 2.48 bits per heavy atom. The summed E-state index contributed by atoms with van der Waals surface area (Å²) in [5.74, 6) is 0.771. The average Bonchev–Trinajstić information content (AvgIpc) is 2.96. The second-order valence-electron chi connectivity index (χ2n) is 6.32. The topological polar surface area (TPSA) is 91.8 Å². The van der Waals surface area contributed by atoms with Crippen molar-refractivity contribution in [2.45, 2.75) is 38.5 Å². The molecule has 0 aliphatic heterocycles. The van der Waals surface area contributed by atoms with E-state index in [1.54, 1.807) is 14.2 Å². The molecular formula is C15H32N4O3S. The molecular weight excluding hydrogens is 316 g/mol. The third-order valence-electron chi connectivity index (χ3n) is 4.37. The van der Waals surface area contributed by atoms with E-state index < -0.39 is 10.0 Å². The molecule has 1 aliphatic carbocycles. The van der Waals surface area contributed by atoms with Crippen LogP contribution in [0.5, 0.6) is 0 Å². The lowest BCUT2D eigenvalue weighted by atomic mass is 9.83. The molecule has 0 heterocycles. The number of ether oxygens (including phenoxy) is 1. The molecule has 0 radical (unpaired) electrons. The molecule has 0 atom stereocenters. The van der Waals surface area contributed by atoms with Crippen LogP contribution >= 0.6 is 0 Å². The van der Waals surface area contributed by atoms with Gasteiger partial charge in [-0.1, -0.05) is 12.8 Å². The van der Waals surface area contributed by atoms with Gasteiger partial charge in [0.25, 0.3) is 0 Å². The maximum Gasteiger partial charge on any atom is 0.208 e. The molecule has 0 spiro atoms. The first kappa shape index (κ1) is 20.2. The zero-order valence-electron chi connectivity index (χ0n) is 14.7. The van der Waals surface area contributed by atoms with E-state index in [1.165, 1.54) is 31.9 Å². The van der Waals surface area contributed by atoms with Crippen molar-refractivity contribution in [2.75, 3.05) is 46.7 Å². The van der Waals surface area contributed by atoms with Crippen molar-refractivity contribution in [1.29, 1.82) is 0 Å². The van der Waals surface area contributed by atoms with Crippen LogP contribution < -0.4 is 15.4 Å². The van der Waals surface area contributed by atoms with Crippen molar-refractivity contribution in [3.05, 3.63) is 0 Å². The third kappa shape index (κ3) is 8.53. The van der Waals surface area contributed by atoms with Crippen molar-refractivity contribution in [3.63, 3.8) is 0 Å². The fourth-order valence-corrected chi connectivity index (χ4v) is 3.52. The Balaban J connectivity index is 2.29. The van der Waals surface area contributed by atoms with Gasteiger partial charge < -0.3 is 15.4 Å². The lowest BCUT2D eigenvalue weighted by Crippen LogP contribution is -2.44. The predicted molar refractivity (Wildman–Crippen MR) is 94.2 cm³/mol. The smallest absolute Gasteiger partial charge is 0.208 e. The van der Waals surface area contributed by atoms with Gasteiger partial charge >= 0.3 is 0 Å². The number of rotatable bonds is 10. The summed E-state index contributed by atoms with van der Waals surface area (Å²) in [4.78, 5) is 4.23. The summed E-state index contributed by atoms with van der Waals surface area (Å²) in [5.41, 5.74) is 0.311. The van der Waals surface area contributed by atoms with Crippen LogP contribution in [0.4, 0.5) is 0 Å². The quantitative estimate of drug-likeness (QED) is 0.307. The summed E-state index contributed by atoms with van der Waals surface area (Å²) in [6.45, 7) is 2.80. The van der Waals surface area contributed by atoms with Crippen LogP contribution in [-0.2, 0) is 14.8 Å². The summed E-state index contributed by atoms with van der Waals surface area (Å²) in [7, 11) is 0.397. The summed E-state index contributed by atoms with van der Waals surface area (Å²) in [6.07, 6.45) is 8.00. The highest BCUT2D eigenvalue weighted by Crippen LogP contribution is 2.40. The molecule has 1 saturated carbocycles. The van der Waals surface area contributed by atoms with Crippen LogP contribution in [0.2, 0.25) is 0 Å². The lowest BCUT2D eigenvalue weighted by molar-refractivity contribution is 0.138. The van der Waals surface area contributed by atoms with E-state index in [2.05, 4.69) is 20.3 Å². The van der Waals surface area contributed by atoms with Crippen LogP contribution in [0, 0.1) is 5.41 Å². The number of hydrogen-bond acceptors (Lipinski definition) is 4. The fourth-order valence-electron chi connectivity index (χ4n) is 3.00. The second kappa shape index (κ2) is 10.1. The van der Waals surface area contributed by atoms with Crippen LogP contribution in [0.15, 0.2) is 4.99 Å². The highest BCUT2D eigenvalue weighted by molar-refractivity contribution is 7.88. The Labute approximate surface area is 140 Å². The molecule has 23 heavy (non-hydrogen) atoms. The minimum atomic E-state index is -3.10. The zero-order valence-corrected chi connectivity index (χ0v) is 15.5. The third-order valence-corrected chi connectivity index (χ3v) is 5.09. The van der Waals surface area contributed by atoms with Gasteiger partial charge in [0.2, 0.25) is 10.0 Å². The maximum atomic E-state index is 11.0. The van der Waals surface area contributed by atoms with Crippen LogP contribution in [0.1, 0.15) is 38.5 Å². The SMILES string of the molecule is CN=C(NCCCNS(C)(=O)=O)NCC1(CCOC)CCCC1. The molecule has 0 amide bonds. The van der Waals surface area contributed by atoms with Crippen LogP contribution in [-0.4, -0.2) is 61.0 Å². The van der Waals surface area contributed by atoms with Gasteiger partial charge in [0.15, 0.2) is 5.96 Å². The molecule has 0 bridgehead atoms. The Kier molecular flexibility index (Phi) is 8.86. The number of nitrogens with one attached hydrogen (secondary N) is 3. The molecule has 0 aromatic carbocycles. The first-order valence-electron chi connectivity index (χ1n) is 8.29. The van der Waals surface area contributed by atoms with E-state index in [9.17, 15) is 8.42 Å². The van der Waals surface area contributed by atoms with Gasteiger partial charge in [0, 0.05) is 40.4 Å². The number of methoxy groups -OCH3 is 1. The fraction of sp³-hybridized carbons (Fsp3) is 0.933. The highest BCUT2D eigenvalue weighted by Gasteiger charge is 2.33. The van der Waals surface area contributed by atoms with E-state index in [1.807, 2.05) is 0 Å².